The molecule has 0 heterocycles. The molecule has 0 bridgehead atoms. The largest absolute Gasteiger partial charge is 0.457 e. The summed E-state index contributed by atoms with van der Waals surface area (Å²) in [5.41, 5.74) is 1.32. The smallest absolute Gasteiger partial charge is 0.338 e. The van der Waals surface area contributed by atoms with Crippen molar-refractivity contribution in [1.82, 2.24) is 4.31 Å². The highest BCUT2D eigenvalue weighted by Crippen LogP contribution is 2.18. The number of carbonyl (C=O) groups is 1. The highest BCUT2D eigenvalue weighted by molar-refractivity contribution is 7.89. The van der Waals surface area contributed by atoms with Gasteiger partial charge >= 0.3 is 5.97 Å². The molecule has 0 aliphatic rings. The monoisotopic (exact) mass is 372 g/mol. The molecular formula is C19H20N2O4S. The van der Waals surface area contributed by atoms with Crippen LogP contribution in [0.15, 0.2) is 53.4 Å². The van der Waals surface area contributed by atoms with Gasteiger partial charge in [-0.25, -0.2) is 13.2 Å². The van der Waals surface area contributed by atoms with Gasteiger partial charge in [0, 0.05) is 13.1 Å². The molecule has 0 aliphatic carbocycles. The number of sulfonamides is 1. The van der Waals surface area contributed by atoms with Crippen molar-refractivity contribution in [1.29, 1.82) is 5.26 Å². The van der Waals surface area contributed by atoms with Crippen molar-refractivity contribution in [3.63, 3.8) is 0 Å². The Morgan fingerprint density at radius 2 is 1.81 bits per heavy atom. The van der Waals surface area contributed by atoms with E-state index in [9.17, 15) is 13.2 Å². The van der Waals surface area contributed by atoms with E-state index in [0.717, 1.165) is 0 Å². The quantitative estimate of drug-likeness (QED) is 0.697. The zero-order chi connectivity index (χ0) is 19.2. The van der Waals surface area contributed by atoms with Crippen molar-refractivity contribution in [3.05, 3.63) is 65.2 Å². The van der Waals surface area contributed by atoms with Gasteiger partial charge in [0.25, 0.3) is 0 Å². The number of hydrogen-bond acceptors (Lipinski definition) is 5. The van der Waals surface area contributed by atoms with E-state index in [2.05, 4.69) is 0 Å². The summed E-state index contributed by atoms with van der Waals surface area (Å²) >= 11 is 0. The van der Waals surface area contributed by atoms with E-state index in [0.29, 0.717) is 24.2 Å². The second kappa shape index (κ2) is 8.61. The van der Waals surface area contributed by atoms with Gasteiger partial charge < -0.3 is 4.74 Å². The van der Waals surface area contributed by atoms with Crippen LogP contribution in [0.2, 0.25) is 0 Å². The molecule has 7 heteroatoms. The number of nitriles is 1. The number of hydrogen-bond donors (Lipinski definition) is 0. The van der Waals surface area contributed by atoms with Gasteiger partial charge in [0.1, 0.15) is 6.61 Å². The molecule has 0 N–H and O–H groups in total. The van der Waals surface area contributed by atoms with Gasteiger partial charge in [0.05, 0.1) is 22.1 Å². The molecule has 136 valence electrons. The molecular weight excluding hydrogens is 352 g/mol. The first-order valence-electron chi connectivity index (χ1n) is 8.18. The number of rotatable bonds is 7. The van der Waals surface area contributed by atoms with Gasteiger partial charge in [-0.3, -0.25) is 0 Å². The lowest BCUT2D eigenvalue weighted by Crippen LogP contribution is -2.30. The van der Waals surface area contributed by atoms with Crippen LogP contribution in [0, 0.1) is 11.3 Å². The summed E-state index contributed by atoms with van der Waals surface area (Å²) in [4.78, 5) is 12.3. The van der Waals surface area contributed by atoms with Crippen LogP contribution in [0.3, 0.4) is 0 Å². The fourth-order valence-electron chi connectivity index (χ4n) is 2.46. The Balaban J connectivity index is 2.16. The highest BCUT2D eigenvalue weighted by atomic mass is 32.2. The molecule has 0 atom stereocenters. The lowest BCUT2D eigenvalue weighted by atomic mass is 10.1. The lowest BCUT2D eigenvalue weighted by molar-refractivity contribution is 0.0472. The van der Waals surface area contributed by atoms with Crippen LogP contribution in [-0.2, 0) is 21.4 Å². The number of carbonyl (C=O) groups excluding carboxylic acids is 1. The van der Waals surface area contributed by atoms with E-state index >= 15 is 0 Å². The molecule has 0 spiro atoms. The highest BCUT2D eigenvalue weighted by Gasteiger charge is 2.22. The van der Waals surface area contributed by atoms with Crippen LogP contribution in [0.1, 0.15) is 35.3 Å². The zero-order valence-electron chi connectivity index (χ0n) is 14.7. The molecule has 0 fully saturated rings. The van der Waals surface area contributed by atoms with E-state index < -0.39 is 16.0 Å². The Hall–Kier alpha value is -2.69. The number of esters is 1. The minimum Gasteiger partial charge on any atom is -0.457 e. The van der Waals surface area contributed by atoms with Crippen LogP contribution in [0.25, 0.3) is 0 Å². The Morgan fingerprint density at radius 3 is 2.46 bits per heavy atom. The van der Waals surface area contributed by atoms with Gasteiger partial charge in [-0.15, -0.1) is 0 Å². The summed E-state index contributed by atoms with van der Waals surface area (Å²) in [6, 6.07) is 14.6. The van der Waals surface area contributed by atoms with Gasteiger partial charge in [-0.1, -0.05) is 32.0 Å². The maximum Gasteiger partial charge on any atom is 0.338 e. The Bertz CT molecular complexity index is 929. The summed E-state index contributed by atoms with van der Waals surface area (Å²) in [5, 5.41) is 8.89. The van der Waals surface area contributed by atoms with Gasteiger partial charge in [0.15, 0.2) is 0 Å². The van der Waals surface area contributed by atoms with Crippen molar-refractivity contribution >= 4 is 16.0 Å². The van der Waals surface area contributed by atoms with Crippen LogP contribution in [0.4, 0.5) is 0 Å². The molecule has 0 aromatic heterocycles. The van der Waals surface area contributed by atoms with Crippen LogP contribution in [-0.4, -0.2) is 31.8 Å². The third kappa shape index (κ3) is 4.48. The van der Waals surface area contributed by atoms with Gasteiger partial charge in [-0.2, -0.15) is 9.57 Å². The second-order valence-electron chi connectivity index (χ2n) is 5.51. The topological polar surface area (TPSA) is 87.5 Å². The molecule has 2 aromatic rings. The fourth-order valence-corrected chi connectivity index (χ4v) is 3.96. The first-order valence-corrected chi connectivity index (χ1v) is 9.62. The molecule has 0 saturated heterocycles. The summed E-state index contributed by atoms with van der Waals surface area (Å²) < 4.78 is 31.7. The normalized spacial score (nSPS) is 11.2. The molecule has 0 saturated carbocycles. The predicted molar refractivity (Wildman–Crippen MR) is 96.8 cm³/mol. The summed E-state index contributed by atoms with van der Waals surface area (Å²) in [6.07, 6.45) is 0. The molecule has 2 rings (SSSR count). The maximum atomic E-state index is 12.6. The Labute approximate surface area is 153 Å². The van der Waals surface area contributed by atoms with E-state index in [1.54, 1.807) is 38.1 Å². The Morgan fingerprint density at radius 1 is 1.12 bits per heavy atom. The van der Waals surface area contributed by atoms with E-state index in [1.165, 1.54) is 28.6 Å². The third-order valence-electron chi connectivity index (χ3n) is 3.84. The van der Waals surface area contributed by atoms with E-state index in [-0.39, 0.29) is 17.1 Å². The molecule has 0 amide bonds. The minimum atomic E-state index is -3.64. The van der Waals surface area contributed by atoms with Crippen LogP contribution in [0.5, 0.6) is 0 Å². The average Bonchev–Trinajstić information content (AvgIpc) is 2.67. The summed E-state index contributed by atoms with van der Waals surface area (Å²) in [7, 11) is -3.64. The van der Waals surface area contributed by atoms with Gasteiger partial charge in [0.2, 0.25) is 10.0 Å². The molecule has 0 radical (unpaired) electrons. The SMILES string of the molecule is CCN(CC)S(=O)(=O)c1cccc(C(=O)OCc2cccc(C#N)c2)c1. The fraction of sp³-hybridized carbons (Fsp3) is 0.263. The molecule has 2 aromatic carbocycles. The molecule has 0 unspecified atom stereocenters. The van der Waals surface area contributed by atoms with Crippen molar-refractivity contribution < 1.29 is 17.9 Å². The first kappa shape index (κ1) is 19.6. The van der Waals surface area contributed by atoms with Crippen molar-refractivity contribution in [2.75, 3.05) is 13.1 Å². The molecule has 0 aliphatic heterocycles. The van der Waals surface area contributed by atoms with E-state index in [4.69, 9.17) is 10.00 Å². The lowest BCUT2D eigenvalue weighted by Gasteiger charge is -2.18. The number of nitrogens with zero attached hydrogens (tertiary/aromatic N) is 2. The van der Waals surface area contributed by atoms with Crippen molar-refractivity contribution in [2.24, 2.45) is 0 Å². The number of benzene rings is 2. The number of ether oxygens (including phenoxy) is 1. The first-order chi connectivity index (χ1) is 12.4. The molecule has 6 nitrogen and oxygen atoms in total. The second-order valence-corrected chi connectivity index (χ2v) is 7.44. The molecule has 26 heavy (non-hydrogen) atoms. The standard InChI is InChI=1S/C19H20N2O4S/c1-3-21(4-2)26(23,24)18-10-6-9-17(12-18)19(22)25-14-16-8-5-7-15(11-16)13-20/h5-12H,3-4,14H2,1-2H3. The van der Waals surface area contributed by atoms with Gasteiger partial charge in [-0.05, 0) is 35.9 Å². The Kier molecular flexibility index (Phi) is 6.50. The minimum absolute atomic E-state index is 0.00137. The third-order valence-corrected chi connectivity index (χ3v) is 5.88. The van der Waals surface area contributed by atoms with Crippen LogP contribution < -0.4 is 0 Å². The van der Waals surface area contributed by atoms with Crippen molar-refractivity contribution in [3.8, 4) is 6.07 Å². The maximum absolute atomic E-state index is 12.6. The van der Waals surface area contributed by atoms with E-state index in [1.807, 2.05) is 6.07 Å². The average molecular weight is 372 g/mol. The van der Waals surface area contributed by atoms with Crippen LogP contribution >= 0.6 is 0 Å². The summed E-state index contributed by atoms with van der Waals surface area (Å²) in [5.74, 6) is -0.621. The van der Waals surface area contributed by atoms with Crippen molar-refractivity contribution in [2.45, 2.75) is 25.3 Å². The zero-order valence-corrected chi connectivity index (χ0v) is 15.5. The predicted octanol–water partition coefficient (Wildman–Crippen LogP) is 2.95. The summed E-state index contributed by atoms with van der Waals surface area (Å²) in [6.45, 7) is 4.22.